The van der Waals surface area contributed by atoms with Crippen LogP contribution in [0.1, 0.15) is 18.0 Å². The SMILES string of the molecule is Cc1cc(Br)ccc1NC(=O)CC1CSc2nc3c(cnn3-c3ccc(F)cc3)c(=O)n21. The third-order valence-electron chi connectivity index (χ3n) is 5.33. The number of carbonyl (C=O) groups is 1. The van der Waals surface area contributed by atoms with Gasteiger partial charge in [-0.1, -0.05) is 27.7 Å². The molecule has 5 rings (SSSR count). The number of anilines is 1. The first-order chi connectivity index (χ1) is 15.4. The van der Waals surface area contributed by atoms with Gasteiger partial charge in [-0.2, -0.15) is 5.10 Å². The summed E-state index contributed by atoms with van der Waals surface area (Å²) in [6, 6.07) is 11.2. The van der Waals surface area contributed by atoms with Gasteiger partial charge in [-0.15, -0.1) is 0 Å². The van der Waals surface area contributed by atoms with E-state index in [0.717, 1.165) is 15.7 Å². The zero-order valence-corrected chi connectivity index (χ0v) is 19.3. The second-order valence-electron chi connectivity index (χ2n) is 7.52. The highest BCUT2D eigenvalue weighted by molar-refractivity contribution is 9.10. The molecular weight excluding hydrogens is 497 g/mol. The molecule has 1 aliphatic rings. The molecule has 0 radical (unpaired) electrons. The number of nitrogens with zero attached hydrogens (tertiary/aromatic N) is 4. The molecule has 2 aromatic carbocycles. The van der Waals surface area contributed by atoms with Crippen molar-refractivity contribution < 1.29 is 9.18 Å². The van der Waals surface area contributed by atoms with E-state index in [9.17, 15) is 14.0 Å². The maximum atomic E-state index is 13.3. The molecule has 0 saturated carbocycles. The number of fused-ring (bicyclic) bond motifs is 2. The minimum atomic E-state index is -0.353. The summed E-state index contributed by atoms with van der Waals surface area (Å²) in [5.74, 6) is 0.0583. The van der Waals surface area contributed by atoms with Crippen molar-refractivity contribution in [3.8, 4) is 5.69 Å². The Balaban J connectivity index is 1.44. The summed E-state index contributed by atoms with van der Waals surface area (Å²) in [4.78, 5) is 30.5. The maximum Gasteiger partial charge on any atom is 0.265 e. The summed E-state index contributed by atoms with van der Waals surface area (Å²) in [5.41, 5.74) is 2.48. The molecule has 4 aromatic rings. The lowest BCUT2D eigenvalue weighted by Gasteiger charge is -2.14. The number of aromatic nitrogens is 4. The fourth-order valence-corrected chi connectivity index (χ4v) is 5.34. The molecule has 1 amide bonds. The molecule has 1 atom stereocenters. The lowest BCUT2D eigenvalue weighted by molar-refractivity contribution is -0.116. The summed E-state index contributed by atoms with van der Waals surface area (Å²) >= 11 is 4.85. The van der Waals surface area contributed by atoms with Gasteiger partial charge in [0, 0.05) is 22.3 Å². The minimum Gasteiger partial charge on any atom is -0.326 e. The van der Waals surface area contributed by atoms with E-state index in [2.05, 4.69) is 31.3 Å². The van der Waals surface area contributed by atoms with Crippen molar-refractivity contribution >= 4 is 50.3 Å². The average Bonchev–Trinajstić information content (AvgIpc) is 3.36. The summed E-state index contributed by atoms with van der Waals surface area (Å²) in [7, 11) is 0. The number of amides is 1. The van der Waals surface area contributed by atoms with Crippen LogP contribution in [-0.4, -0.2) is 31.0 Å². The largest absolute Gasteiger partial charge is 0.326 e. The smallest absolute Gasteiger partial charge is 0.265 e. The van der Waals surface area contributed by atoms with Crippen LogP contribution in [0.2, 0.25) is 0 Å². The first-order valence-electron chi connectivity index (χ1n) is 9.86. The van der Waals surface area contributed by atoms with Gasteiger partial charge < -0.3 is 5.32 Å². The van der Waals surface area contributed by atoms with Crippen molar-refractivity contribution in [2.45, 2.75) is 24.5 Å². The van der Waals surface area contributed by atoms with Crippen LogP contribution in [0.25, 0.3) is 16.7 Å². The van der Waals surface area contributed by atoms with Gasteiger partial charge in [-0.05, 0) is 55.0 Å². The Bertz CT molecular complexity index is 1420. The lowest BCUT2D eigenvalue weighted by atomic mass is 10.1. The van der Waals surface area contributed by atoms with Gasteiger partial charge >= 0.3 is 0 Å². The molecule has 2 aromatic heterocycles. The van der Waals surface area contributed by atoms with Crippen LogP contribution in [0.5, 0.6) is 0 Å². The molecule has 162 valence electrons. The van der Waals surface area contributed by atoms with E-state index in [-0.39, 0.29) is 29.7 Å². The van der Waals surface area contributed by atoms with Crippen molar-refractivity contribution in [3.05, 3.63) is 74.9 Å². The molecule has 32 heavy (non-hydrogen) atoms. The van der Waals surface area contributed by atoms with E-state index in [1.54, 1.807) is 16.7 Å². The monoisotopic (exact) mass is 513 g/mol. The molecule has 0 saturated heterocycles. The Kier molecular flexibility index (Phi) is 5.34. The van der Waals surface area contributed by atoms with Crippen LogP contribution >= 0.6 is 27.7 Å². The van der Waals surface area contributed by atoms with Crippen LogP contribution < -0.4 is 10.9 Å². The van der Waals surface area contributed by atoms with Crippen LogP contribution in [0.15, 0.2) is 63.1 Å². The quantitative estimate of drug-likeness (QED) is 0.407. The van der Waals surface area contributed by atoms with Gasteiger partial charge in [0.25, 0.3) is 5.56 Å². The predicted octanol–water partition coefficient (Wildman–Crippen LogP) is 4.47. The van der Waals surface area contributed by atoms with Crippen molar-refractivity contribution in [2.75, 3.05) is 11.1 Å². The first kappa shape index (κ1) is 20.9. The summed E-state index contributed by atoms with van der Waals surface area (Å²) in [5, 5.41) is 8.11. The second kappa shape index (κ2) is 8.18. The van der Waals surface area contributed by atoms with E-state index >= 15 is 0 Å². The van der Waals surface area contributed by atoms with Gasteiger partial charge in [0.15, 0.2) is 10.8 Å². The first-order valence-corrected chi connectivity index (χ1v) is 11.6. The Morgan fingerprint density at radius 2 is 2.06 bits per heavy atom. The third-order valence-corrected chi connectivity index (χ3v) is 6.92. The molecule has 1 N–H and O–H groups in total. The molecule has 0 spiro atoms. The molecule has 7 nitrogen and oxygen atoms in total. The van der Waals surface area contributed by atoms with E-state index in [0.29, 0.717) is 27.6 Å². The summed E-state index contributed by atoms with van der Waals surface area (Å²) in [6.45, 7) is 1.92. The fraction of sp³-hybridized carbons (Fsp3) is 0.182. The van der Waals surface area contributed by atoms with Gasteiger partial charge in [0.05, 0.1) is 17.9 Å². The van der Waals surface area contributed by atoms with Crippen LogP contribution in [0.4, 0.5) is 10.1 Å². The van der Waals surface area contributed by atoms with E-state index in [1.165, 1.54) is 34.8 Å². The van der Waals surface area contributed by atoms with Gasteiger partial charge in [0.1, 0.15) is 11.2 Å². The number of rotatable bonds is 4. The fourth-order valence-electron chi connectivity index (χ4n) is 3.73. The van der Waals surface area contributed by atoms with Gasteiger partial charge in [-0.3, -0.25) is 14.2 Å². The molecule has 10 heteroatoms. The van der Waals surface area contributed by atoms with E-state index in [1.807, 2.05) is 25.1 Å². The normalized spacial score (nSPS) is 15.2. The standard InChI is InChI=1S/C22H17BrFN5O2S/c1-12-8-13(23)2-7-18(12)26-19(30)9-16-11-32-22-27-20-17(21(31)28(16)22)10-25-29(20)15-5-3-14(24)4-6-15/h2-8,10,16H,9,11H2,1H3,(H,26,30). The number of hydrogen-bond acceptors (Lipinski definition) is 5. The molecule has 0 bridgehead atoms. The molecule has 1 aliphatic heterocycles. The Morgan fingerprint density at radius 1 is 1.28 bits per heavy atom. The number of carbonyl (C=O) groups excluding carboxylic acids is 1. The third kappa shape index (κ3) is 3.73. The number of hydrogen-bond donors (Lipinski definition) is 1. The molecular formula is C22H17BrFN5O2S. The Labute approximate surface area is 194 Å². The topological polar surface area (TPSA) is 81.8 Å². The summed E-state index contributed by atoms with van der Waals surface area (Å²) in [6.07, 6.45) is 1.63. The number of nitrogens with one attached hydrogen (secondary N) is 1. The number of halogens is 2. The molecule has 0 fully saturated rings. The van der Waals surface area contributed by atoms with Gasteiger partial charge in [-0.25, -0.2) is 14.1 Å². The molecule has 0 aliphatic carbocycles. The highest BCUT2D eigenvalue weighted by atomic mass is 79.9. The molecule has 3 heterocycles. The maximum absolute atomic E-state index is 13.3. The number of thioether (sulfide) groups is 1. The summed E-state index contributed by atoms with van der Waals surface area (Å²) < 4.78 is 17.3. The van der Waals surface area contributed by atoms with Crippen LogP contribution in [-0.2, 0) is 4.79 Å². The van der Waals surface area contributed by atoms with Crippen molar-refractivity contribution in [1.82, 2.24) is 19.3 Å². The zero-order chi connectivity index (χ0) is 22.4. The minimum absolute atomic E-state index is 0.161. The van der Waals surface area contributed by atoms with Crippen molar-refractivity contribution in [3.63, 3.8) is 0 Å². The second-order valence-corrected chi connectivity index (χ2v) is 9.42. The van der Waals surface area contributed by atoms with E-state index < -0.39 is 0 Å². The van der Waals surface area contributed by atoms with Crippen molar-refractivity contribution in [1.29, 1.82) is 0 Å². The Morgan fingerprint density at radius 3 is 2.81 bits per heavy atom. The van der Waals surface area contributed by atoms with Crippen LogP contribution in [0, 0.1) is 12.7 Å². The highest BCUT2D eigenvalue weighted by Gasteiger charge is 2.29. The van der Waals surface area contributed by atoms with E-state index in [4.69, 9.17) is 0 Å². The van der Waals surface area contributed by atoms with Crippen LogP contribution in [0.3, 0.4) is 0 Å². The van der Waals surface area contributed by atoms with Crippen molar-refractivity contribution in [2.24, 2.45) is 0 Å². The lowest BCUT2D eigenvalue weighted by Crippen LogP contribution is -2.27. The zero-order valence-electron chi connectivity index (χ0n) is 16.9. The van der Waals surface area contributed by atoms with Gasteiger partial charge in [0.2, 0.25) is 5.91 Å². The molecule has 1 unspecified atom stereocenters. The average molecular weight is 514 g/mol. The Hall–Kier alpha value is -2.98. The number of aryl methyl sites for hydroxylation is 1. The highest BCUT2D eigenvalue weighted by Crippen LogP contribution is 2.33. The number of benzene rings is 2. The predicted molar refractivity (Wildman–Crippen MR) is 125 cm³/mol.